The van der Waals surface area contributed by atoms with Gasteiger partial charge in [-0.3, -0.25) is 4.79 Å². The van der Waals surface area contributed by atoms with Gasteiger partial charge in [-0.1, -0.05) is 23.4 Å². The van der Waals surface area contributed by atoms with E-state index in [9.17, 15) is 4.79 Å². The predicted octanol–water partition coefficient (Wildman–Crippen LogP) is 3.41. The smallest absolute Gasteiger partial charge is 0.260 e. The van der Waals surface area contributed by atoms with Crippen molar-refractivity contribution in [2.45, 2.75) is 13.5 Å². The minimum absolute atomic E-state index is 0.164. The van der Waals surface area contributed by atoms with Crippen LogP contribution in [-0.2, 0) is 6.61 Å². The second-order valence-corrected chi connectivity index (χ2v) is 4.64. The molecule has 112 valence electrons. The molecule has 0 atom stereocenters. The molecule has 2 aromatic heterocycles. The van der Waals surface area contributed by atoms with Crippen molar-refractivity contribution in [2.75, 3.05) is 5.32 Å². The van der Waals surface area contributed by atoms with Crippen LogP contribution in [0.1, 0.15) is 21.9 Å². The van der Waals surface area contributed by atoms with E-state index in [4.69, 9.17) is 13.7 Å². The van der Waals surface area contributed by atoms with Gasteiger partial charge in [0.25, 0.3) is 5.91 Å². The van der Waals surface area contributed by atoms with Gasteiger partial charge in [-0.2, -0.15) is 0 Å². The number of aryl methyl sites for hydroxylation is 1. The zero-order valence-corrected chi connectivity index (χ0v) is 11.9. The van der Waals surface area contributed by atoms with Crippen molar-refractivity contribution in [3.05, 3.63) is 65.8 Å². The third-order valence-electron chi connectivity index (χ3n) is 2.97. The highest BCUT2D eigenvalue weighted by Crippen LogP contribution is 2.17. The Kier molecular flexibility index (Phi) is 3.91. The summed E-state index contributed by atoms with van der Waals surface area (Å²) in [5.74, 6) is 1.81. The molecule has 0 saturated carbocycles. The minimum atomic E-state index is -0.325. The van der Waals surface area contributed by atoms with Crippen LogP contribution in [0.2, 0.25) is 0 Å². The van der Waals surface area contributed by atoms with E-state index < -0.39 is 0 Å². The van der Waals surface area contributed by atoms with Crippen LogP contribution in [0.15, 0.2) is 57.7 Å². The van der Waals surface area contributed by atoms with E-state index in [1.165, 1.54) is 6.26 Å². The normalized spacial score (nSPS) is 10.4. The number of hydrogen-bond acceptors (Lipinski definition) is 5. The quantitative estimate of drug-likeness (QED) is 0.781. The number of aromatic nitrogens is 1. The van der Waals surface area contributed by atoms with Gasteiger partial charge in [0.1, 0.15) is 18.1 Å². The van der Waals surface area contributed by atoms with Crippen molar-refractivity contribution >= 4 is 11.7 Å². The lowest BCUT2D eigenvalue weighted by atomic mass is 10.2. The van der Waals surface area contributed by atoms with E-state index in [0.717, 1.165) is 0 Å². The van der Waals surface area contributed by atoms with E-state index in [-0.39, 0.29) is 12.5 Å². The highest BCUT2D eigenvalue weighted by molar-refractivity contribution is 6.04. The molecule has 0 aliphatic heterocycles. The Morgan fingerprint density at radius 1 is 1.27 bits per heavy atom. The number of carbonyl (C=O) groups is 1. The van der Waals surface area contributed by atoms with Crippen LogP contribution in [0.25, 0.3) is 0 Å². The molecule has 3 rings (SSSR count). The van der Waals surface area contributed by atoms with Gasteiger partial charge in [-0.25, -0.2) is 0 Å². The monoisotopic (exact) mass is 298 g/mol. The molecule has 6 heteroatoms. The van der Waals surface area contributed by atoms with E-state index in [1.807, 2.05) is 30.3 Å². The zero-order valence-electron chi connectivity index (χ0n) is 11.9. The highest BCUT2D eigenvalue weighted by atomic mass is 16.5. The van der Waals surface area contributed by atoms with Crippen LogP contribution in [-0.4, -0.2) is 11.1 Å². The molecule has 0 spiro atoms. The van der Waals surface area contributed by atoms with Crippen LogP contribution >= 0.6 is 0 Å². The number of benzene rings is 1. The maximum absolute atomic E-state index is 12.2. The van der Waals surface area contributed by atoms with Crippen LogP contribution in [0.4, 0.5) is 5.82 Å². The van der Waals surface area contributed by atoms with Crippen LogP contribution in [0, 0.1) is 6.92 Å². The summed E-state index contributed by atoms with van der Waals surface area (Å²) in [4.78, 5) is 12.2. The summed E-state index contributed by atoms with van der Waals surface area (Å²) in [6, 6.07) is 12.5. The molecule has 0 aliphatic carbocycles. The first-order valence-electron chi connectivity index (χ1n) is 6.71. The summed E-state index contributed by atoms with van der Waals surface area (Å²) in [5, 5.41) is 6.36. The Balaban J connectivity index is 1.67. The number of amides is 1. The van der Waals surface area contributed by atoms with E-state index >= 15 is 0 Å². The fourth-order valence-electron chi connectivity index (χ4n) is 1.93. The fourth-order valence-corrected chi connectivity index (χ4v) is 1.93. The molecule has 0 fully saturated rings. The summed E-state index contributed by atoms with van der Waals surface area (Å²) < 4.78 is 15.8. The second-order valence-electron chi connectivity index (χ2n) is 4.64. The number of hydrogen-bond donors (Lipinski definition) is 1. The largest absolute Gasteiger partial charge is 0.486 e. The van der Waals surface area contributed by atoms with E-state index in [0.29, 0.717) is 28.7 Å². The van der Waals surface area contributed by atoms with Crippen molar-refractivity contribution in [3.63, 3.8) is 0 Å². The Morgan fingerprint density at radius 2 is 2.09 bits per heavy atom. The molecule has 0 saturated heterocycles. The average Bonchev–Trinajstić information content (AvgIpc) is 3.15. The van der Waals surface area contributed by atoms with Crippen molar-refractivity contribution < 1.29 is 18.5 Å². The lowest BCUT2D eigenvalue weighted by Crippen LogP contribution is -2.13. The molecule has 3 aromatic rings. The maximum Gasteiger partial charge on any atom is 0.260 e. The molecule has 0 unspecified atom stereocenters. The summed E-state index contributed by atoms with van der Waals surface area (Å²) in [5.41, 5.74) is 0.400. The lowest BCUT2D eigenvalue weighted by molar-refractivity contribution is 0.102. The summed E-state index contributed by atoms with van der Waals surface area (Å²) in [6.07, 6.45) is 1.45. The first-order valence-corrected chi connectivity index (χ1v) is 6.71. The Morgan fingerprint density at radius 3 is 2.82 bits per heavy atom. The van der Waals surface area contributed by atoms with Crippen LogP contribution in [0.3, 0.4) is 0 Å². The van der Waals surface area contributed by atoms with Gasteiger partial charge < -0.3 is 19.0 Å². The Bertz CT molecular complexity index is 761. The molecule has 1 aromatic carbocycles. The maximum atomic E-state index is 12.2. The second kappa shape index (κ2) is 6.17. The van der Waals surface area contributed by atoms with Crippen LogP contribution in [0.5, 0.6) is 5.75 Å². The predicted molar refractivity (Wildman–Crippen MR) is 78.7 cm³/mol. The van der Waals surface area contributed by atoms with Gasteiger partial charge in [0.05, 0.1) is 11.8 Å². The molecule has 2 heterocycles. The topological polar surface area (TPSA) is 77.5 Å². The average molecular weight is 298 g/mol. The van der Waals surface area contributed by atoms with Gasteiger partial charge in [0.2, 0.25) is 0 Å². The van der Waals surface area contributed by atoms with Crippen molar-refractivity contribution in [1.82, 2.24) is 5.16 Å². The first kappa shape index (κ1) is 13.9. The van der Waals surface area contributed by atoms with Gasteiger partial charge >= 0.3 is 0 Å². The molecule has 22 heavy (non-hydrogen) atoms. The number of rotatable bonds is 5. The van der Waals surface area contributed by atoms with Gasteiger partial charge in [0.15, 0.2) is 11.6 Å². The number of nitrogens with zero attached hydrogens (tertiary/aromatic N) is 1. The highest BCUT2D eigenvalue weighted by Gasteiger charge is 2.16. The summed E-state index contributed by atoms with van der Waals surface area (Å²) in [6.45, 7) is 1.91. The zero-order chi connectivity index (χ0) is 15.4. The van der Waals surface area contributed by atoms with Gasteiger partial charge in [-0.15, -0.1) is 0 Å². The fraction of sp³-hybridized carbons (Fsp3) is 0.125. The summed E-state index contributed by atoms with van der Waals surface area (Å²) in [7, 11) is 0. The molecule has 0 radical (unpaired) electrons. The molecule has 6 nitrogen and oxygen atoms in total. The number of nitrogens with one attached hydrogen (secondary N) is 1. The Hall–Kier alpha value is -3.02. The third-order valence-corrected chi connectivity index (χ3v) is 2.97. The standard InChI is InChI=1S/C16H14N2O4/c1-11-9-15(18-22-11)17-16(19)13-7-8-20-14(13)10-21-12-5-3-2-4-6-12/h2-9H,10H2,1H3,(H,17,18,19). The number of anilines is 1. The number of ether oxygens (including phenoxy) is 1. The Labute approximate surface area is 126 Å². The molecule has 0 aliphatic rings. The lowest BCUT2D eigenvalue weighted by Gasteiger charge is -2.05. The SMILES string of the molecule is Cc1cc(NC(=O)c2ccoc2COc2ccccc2)no1. The molecule has 0 bridgehead atoms. The summed E-state index contributed by atoms with van der Waals surface area (Å²) >= 11 is 0. The molecular formula is C16H14N2O4. The van der Waals surface area contributed by atoms with E-state index in [1.54, 1.807) is 19.1 Å². The minimum Gasteiger partial charge on any atom is -0.486 e. The van der Waals surface area contributed by atoms with Gasteiger partial charge in [0, 0.05) is 6.07 Å². The van der Waals surface area contributed by atoms with Crippen molar-refractivity contribution in [2.24, 2.45) is 0 Å². The van der Waals surface area contributed by atoms with Gasteiger partial charge in [-0.05, 0) is 25.1 Å². The first-order chi connectivity index (χ1) is 10.7. The van der Waals surface area contributed by atoms with E-state index in [2.05, 4.69) is 10.5 Å². The van der Waals surface area contributed by atoms with Crippen LogP contribution < -0.4 is 10.1 Å². The molecule has 1 amide bonds. The van der Waals surface area contributed by atoms with Crippen molar-refractivity contribution in [1.29, 1.82) is 0 Å². The molecular weight excluding hydrogens is 284 g/mol. The number of furan rings is 1. The molecule has 1 N–H and O–H groups in total. The van der Waals surface area contributed by atoms with Crippen molar-refractivity contribution in [3.8, 4) is 5.75 Å². The number of carbonyl (C=O) groups excluding carboxylic acids is 1. The third kappa shape index (κ3) is 3.17. The number of para-hydroxylation sites is 1.